The van der Waals surface area contributed by atoms with Crippen molar-refractivity contribution in [1.29, 1.82) is 0 Å². The van der Waals surface area contributed by atoms with Gasteiger partial charge < -0.3 is 15.5 Å². The second kappa shape index (κ2) is 7.35. The van der Waals surface area contributed by atoms with Crippen molar-refractivity contribution in [3.63, 3.8) is 0 Å². The third-order valence-electron chi connectivity index (χ3n) is 5.29. The van der Waals surface area contributed by atoms with Crippen LogP contribution in [0.4, 0.5) is 5.69 Å². The number of hydrogen-bond acceptors (Lipinski definition) is 3. The monoisotopic (exact) mass is 315 g/mol. The van der Waals surface area contributed by atoms with Gasteiger partial charge in [-0.25, -0.2) is 0 Å². The number of hydrogen-bond donors (Lipinski definition) is 1. The highest BCUT2D eigenvalue weighted by molar-refractivity contribution is 5.79. The topological polar surface area (TPSA) is 49.6 Å². The first-order chi connectivity index (χ1) is 11.1. The Kier molecular flexibility index (Phi) is 5.21. The SMILES string of the molecule is CN(Cc1ccccc1N1CCCC1)C(=O)C1CCCC(N)C1. The maximum atomic E-state index is 12.7. The highest BCUT2D eigenvalue weighted by atomic mass is 16.2. The van der Waals surface area contributed by atoms with Crippen LogP contribution in [0.3, 0.4) is 0 Å². The van der Waals surface area contributed by atoms with Crippen molar-refractivity contribution >= 4 is 11.6 Å². The zero-order valence-corrected chi connectivity index (χ0v) is 14.2. The minimum Gasteiger partial charge on any atom is -0.371 e. The van der Waals surface area contributed by atoms with E-state index < -0.39 is 0 Å². The number of carbonyl (C=O) groups excluding carboxylic acids is 1. The average molecular weight is 315 g/mol. The molecule has 0 spiro atoms. The Balaban J connectivity index is 1.67. The maximum Gasteiger partial charge on any atom is 0.225 e. The summed E-state index contributed by atoms with van der Waals surface area (Å²) in [7, 11) is 1.93. The highest BCUT2D eigenvalue weighted by Crippen LogP contribution is 2.28. The molecule has 3 rings (SSSR count). The van der Waals surface area contributed by atoms with Crippen LogP contribution in [0.25, 0.3) is 0 Å². The minimum atomic E-state index is 0.114. The van der Waals surface area contributed by atoms with Gasteiger partial charge in [0, 0.05) is 44.3 Å². The van der Waals surface area contributed by atoms with Crippen LogP contribution in [0.15, 0.2) is 24.3 Å². The van der Waals surface area contributed by atoms with Crippen molar-refractivity contribution < 1.29 is 4.79 Å². The summed E-state index contributed by atoms with van der Waals surface area (Å²) >= 11 is 0. The lowest BCUT2D eigenvalue weighted by Gasteiger charge is -2.30. The smallest absolute Gasteiger partial charge is 0.225 e. The number of anilines is 1. The second-order valence-corrected chi connectivity index (χ2v) is 7.14. The number of carbonyl (C=O) groups is 1. The molecule has 1 aromatic rings. The first kappa shape index (κ1) is 16.3. The summed E-state index contributed by atoms with van der Waals surface area (Å²) in [5, 5.41) is 0. The third-order valence-corrected chi connectivity index (χ3v) is 5.29. The molecule has 4 nitrogen and oxygen atoms in total. The number of rotatable bonds is 4. The lowest BCUT2D eigenvalue weighted by atomic mass is 9.85. The van der Waals surface area contributed by atoms with E-state index in [9.17, 15) is 4.79 Å². The fourth-order valence-electron chi connectivity index (χ4n) is 4.01. The second-order valence-electron chi connectivity index (χ2n) is 7.14. The summed E-state index contributed by atoms with van der Waals surface area (Å²) < 4.78 is 0. The van der Waals surface area contributed by atoms with E-state index in [4.69, 9.17) is 5.73 Å². The Labute approximate surface area is 139 Å². The molecule has 2 fully saturated rings. The van der Waals surface area contributed by atoms with E-state index in [0.717, 1.165) is 38.8 Å². The molecule has 23 heavy (non-hydrogen) atoms. The maximum absolute atomic E-state index is 12.7. The van der Waals surface area contributed by atoms with Gasteiger partial charge >= 0.3 is 0 Å². The van der Waals surface area contributed by atoms with Crippen LogP contribution in [0.5, 0.6) is 0 Å². The van der Waals surface area contributed by atoms with Crippen LogP contribution >= 0.6 is 0 Å². The lowest BCUT2D eigenvalue weighted by Crippen LogP contribution is -2.38. The van der Waals surface area contributed by atoms with Crippen LogP contribution in [0.2, 0.25) is 0 Å². The molecule has 0 aromatic heterocycles. The van der Waals surface area contributed by atoms with Crippen molar-refractivity contribution in [2.75, 3.05) is 25.0 Å². The molecule has 126 valence electrons. The van der Waals surface area contributed by atoms with Crippen molar-refractivity contribution in [3.8, 4) is 0 Å². The number of amides is 1. The summed E-state index contributed by atoms with van der Waals surface area (Å²) in [5.41, 5.74) is 8.60. The first-order valence-corrected chi connectivity index (χ1v) is 8.98. The van der Waals surface area contributed by atoms with Crippen LogP contribution < -0.4 is 10.6 Å². The Hall–Kier alpha value is -1.55. The van der Waals surface area contributed by atoms with E-state index in [1.165, 1.54) is 24.1 Å². The minimum absolute atomic E-state index is 0.114. The van der Waals surface area contributed by atoms with Crippen molar-refractivity contribution in [2.24, 2.45) is 11.7 Å². The number of nitrogens with two attached hydrogens (primary N) is 1. The summed E-state index contributed by atoms with van der Waals surface area (Å²) in [5.74, 6) is 0.374. The molecule has 0 radical (unpaired) electrons. The molecule has 4 heteroatoms. The van der Waals surface area contributed by atoms with Crippen molar-refractivity contribution in [2.45, 2.75) is 51.1 Å². The van der Waals surface area contributed by atoms with Gasteiger partial charge in [0.05, 0.1) is 0 Å². The van der Waals surface area contributed by atoms with E-state index in [1.807, 2.05) is 11.9 Å². The van der Waals surface area contributed by atoms with Gasteiger partial charge in [0.1, 0.15) is 0 Å². The van der Waals surface area contributed by atoms with E-state index in [0.29, 0.717) is 6.54 Å². The molecule has 2 unspecified atom stereocenters. The molecule has 1 aliphatic heterocycles. The van der Waals surface area contributed by atoms with Gasteiger partial charge in [0.25, 0.3) is 0 Å². The van der Waals surface area contributed by atoms with E-state index >= 15 is 0 Å². The van der Waals surface area contributed by atoms with Gasteiger partial charge in [0.2, 0.25) is 5.91 Å². The molecule has 1 heterocycles. The van der Waals surface area contributed by atoms with E-state index in [1.54, 1.807) is 0 Å². The number of nitrogens with zero attached hydrogens (tertiary/aromatic N) is 2. The summed E-state index contributed by atoms with van der Waals surface area (Å²) in [4.78, 5) is 17.1. The van der Waals surface area contributed by atoms with Crippen molar-refractivity contribution in [1.82, 2.24) is 4.90 Å². The average Bonchev–Trinajstić information content (AvgIpc) is 3.09. The standard InChI is InChI=1S/C19H29N3O/c1-21(19(23)15-8-6-9-17(20)13-15)14-16-7-2-3-10-18(16)22-11-4-5-12-22/h2-3,7,10,15,17H,4-6,8-9,11-14,20H2,1H3. The molecule has 2 atom stereocenters. The Bertz CT molecular complexity index is 539. The summed E-state index contributed by atoms with van der Waals surface area (Å²) in [6.45, 7) is 2.95. The predicted octanol–water partition coefficient (Wildman–Crippen LogP) is 2.76. The van der Waals surface area contributed by atoms with Gasteiger partial charge in [-0.3, -0.25) is 4.79 Å². The van der Waals surface area contributed by atoms with E-state index in [-0.39, 0.29) is 17.9 Å². The van der Waals surface area contributed by atoms with Crippen LogP contribution in [-0.2, 0) is 11.3 Å². The van der Waals surface area contributed by atoms with E-state index in [2.05, 4.69) is 29.2 Å². The molecular formula is C19H29N3O. The van der Waals surface area contributed by atoms with Gasteiger partial charge in [-0.15, -0.1) is 0 Å². The first-order valence-electron chi connectivity index (χ1n) is 8.98. The molecule has 1 amide bonds. The molecule has 2 aliphatic rings. The largest absolute Gasteiger partial charge is 0.371 e. The van der Waals surface area contributed by atoms with Crippen LogP contribution in [0.1, 0.15) is 44.1 Å². The van der Waals surface area contributed by atoms with Crippen molar-refractivity contribution in [3.05, 3.63) is 29.8 Å². The fraction of sp³-hybridized carbons (Fsp3) is 0.632. The highest BCUT2D eigenvalue weighted by Gasteiger charge is 2.28. The zero-order chi connectivity index (χ0) is 16.2. The number of para-hydroxylation sites is 1. The van der Waals surface area contributed by atoms with Gasteiger partial charge in [-0.2, -0.15) is 0 Å². The summed E-state index contributed by atoms with van der Waals surface area (Å²) in [6, 6.07) is 8.71. The molecule has 1 aliphatic carbocycles. The Morgan fingerprint density at radius 2 is 1.96 bits per heavy atom. The molecular weight excluding hydrogens is 286 g/mol. The van der Waals surface area contributed by atoms with Crippen LogP contribution in [0, 0.1) is 5.92 Å². The number of benzene rings is 1. The fourth-order valence-corrected chi connectivity index (χ4v) is 4.01. The Morgan fingerprint density at radius 3 is 2.70 bits per heavy atom. The zero-order valence-electron chi connectivity index (χ0n) is 14.2. The van der Waals surface area contributed by atoms with Gasteiger partial charge in [0.15, 0.2) is 0 Å². The third kappa shape index (κ3) is 3.86. The molecule has 0 bridgehead atoms. The van der Waals surface area contributed by atoms with Gasteiger partial charge in [-0.05, 0) is 43.7 Å². The molecule has 1 saturated heterocycles. The van der Waals surface area contributed by atoms with Crippen LogP contribution in [-0.4, -0.2) is 37.0 Å². The molecule has 1 aromatic carbocycles. The molecule has 1 saturated carbocycles. The normalized spacial score (nSPS) is 24.7. The molecule has 2 N–H and O–H groups in total. The predicted molar refractivity (Wildman–Crippen MR) is 94.3 cm³/mol. The quantitative estimate of drug-likeness (QED) is 0.929. The Morgan fingerprint density at radius 1 is 1.22 bits per heavy atom. The van der Waals surface area contributed by atoms with Gasteiger partial charge in [-0.1, -0.05) is 24.6 Å². The summed E-state index contributed by atoms with van der Waals surface area (Å²) in [6.07, 6.45) is 6.51. The lowest BCUT2D eigenvalue weighted by molar-refractivity contribution is -0.135.